The van der Waals surface area contributed by atoms with Crippen molar-refractivity contribution < 1.29 is 4.79 Å². The highest BCUT2D eigenvalue weighted by Crippen LogP contribution is 2.50. The summed E-state index contributed by atoms with van der Waals surface area (Å²) in [6.45, 7) is 2.00. The largest absolute Gasteiger partial charge is 0.303 e. The molecule has 0 bridgehead atoms. The molecule has 0 fully saturated rings. The Labute approximate surface area is 106 Å². The van der Waals surface area contributed by atoms with Crippen molar-refractivity contribution in [3.63, 3.8) is 0 Å². The number of carbonyl (C=O) groups excluding carboxylic acids is 1. The van der Waals surface area contributed by atoms with E-state index in [-0.39, 0.29) is 16.8 Å². The van der Waals surface area contributed by atoms with Gasteiger partial charge >= 0.3 is 0 Å². The van der Waals surface area contributed by atoms with Crippen LogP contribution in [-0.2, 0) is 4.79 Å². The topological polar surface area (TPSA) is 17.1 Å². The number of thiol groups is 1. The summed E-state index contributed by atoms with van der Waals surface area (Å²) in [5.74, 6) is 0.130. The molecule has 0 radical (unpaired) electrons. The van der Waals surface area contributed by atoms with E-state index < -0.39 is 0 Å². The molecular weight excluding hydrogens is 228 g/mol. The molecule has 90 valence electrons. The Bertz CT molecular complexity index is 410. The van der Waals surface area contributed by atoms with Crippen molar-refractivity contribution in [2.75, 3.05) is 0 Å². The Kier molecular flexibility index (Phi) is 4.21. The number of rotatable bonds is 5. The Morgan fingerprint density at radius 2 is 1.82 bits per heavy atom. The fourth-order valence-electron chi connectivity index (χ4n) is 2.07. The van der Waals surface area contributed by atoms with Crippen LogP contribution in [0.3, 0.4) is 0 Å². The second kappa shape index (κ2) is 5.87. The highest BCUT2D eigenvalue weighted by Gasteiger charge is 2.19. The van der Waals surface area contributed by atoms with Gasteiger partial charge in [-0.05, 0) is 22.8 Å². The molecule has 2 unspecified atom stereocenters. The normalized spacial score (nSPS) is 19.2. The van der Waals surface area contributed by atoms with Crippen LogP contribution in [0.2, 0.25) is 0 Å². The molecule has 1 aliphatic heterocycles. The lowest BCUT2D eigenvalue weighted by Gasteiger charge is -2.26. The predicted molar refractivity (Wildman–Crippen MR) is 76.3 cm³/mol. The molecule has 1 aromatic rings. The molecule has 1 aliphatic rings. The summed E-state index contributed by atoms with van der Waals surface area (Å²) < 4.78 is 0. The molecule has 2 heteroatoms. The molecular formula is C15H18OS. The van der Waals surface area contributed by atoms with Gasteiger partial charge in [0.15, 0.2) is 0 Å². The Balaban J connectivity index is 2.21. The van der Waals surface area contributed by atoms with E-state index in [4.69, 9.17) is 0 Å². The summed E-state index contributed by atoms with van der Waals surface area (Å²) in [7, 11) is -0.243. The van der Waals surface area contributed by atoms with E-state index >= 15 is 0 Å². The maximum atomic E-state index is 10.9. The van der Waals surface area contributed by atoms with Gasteiger partial charge in [0.05, 0.1) is 0 Å². The minimum absolute atomic E-state index is 0.130. The van der Waals surface area contributed by atoms with Gasteiger partial charge in [0, 0.05) is 11.2 Å². The number of allylic oxidation sites excluding steroid dienone is 2. The molecule has 17 heavy (non-hydrogen) atoms. The Hall–Kier alpha value is -1.28. The molecule has 1 nitrogen and oxygen atoms in total. The van der Waals surface area contributed by atoms with E-state index in [1.807, 2.05) is 13.0 Å². The van der Waals surface area contributed by atoms with Crippen LogP contribution in [0.15, 0.2) is 53.3 Å². The van der Waals surface area contributed by atoms with E-state index in [1.54, 1.807) is 0 Å². The first kappa shape index (κ1) is 12.2. The summed E-state index contributed by atoms with van der Waals surface area (Å²) in [5.41, 5.74) is 1.35. The van der Waals surface area contributed by atoms with Crippen LogP contribution in [-0.4, -0.2) is 6.29 Å². The third-order valence-corrected chi connectivity index (χ3v) is 5.26. The maximum Gasteiger partial charge on any atom is 0.122 e. The van der Waals surface area contributed by atoms with Crippen molar-refractivity contribution in [1.82, 2.24) is 0 Å². The lowest BCUT2D eigenvalue weighted by Crippen LogP contribution is -2.05. The Morgan fingerprint density at radius 1 is 1.18 bits per heavy atom. The molecule has 2 atom stereocenters. The highest BCUT2D eigenvalue weighted by molar-refractivity contribution is 8.22. The van der Waals surface area contributed by atoms with Gasteiger partial charge in [-0.3, -0.25) is 0 Å². The number of hydrogen-bond donors (Lipinski definition) is 1. The monoisotopic (exact) mass is 246 g/mol. The first-order chi connectivity index (χ1) is 8.31. The lowest BCUT2D eigenvalue weighted by molar-refractivity contribution is -0.110. The van der Waals surface area contributed by atoms with Crippen molar-refractivity contribution in [2.45, 2.75) is 18.6 Å². The number of hydrogen-bond acceptors (Lipinski definition) is 1. The first-order valence-corrected chi connectivity index (χ1v) is 7.49. The molecule has 0 saturated carbocycles. The fourth-order valence-corrected chi connectivity index (χ4v) is 4.27. The minimum atomic E-state index is -0.243. The summed E-state index contributed by atoms with van der Waals surface area (Å²) >= 11 is 0. The van der Waals surface area contributed by atoms with Crippen molar-refractivity contribution >= 4 is 17.2 Å². The van der Waals surface area contributed by atoms with Crippen LogP contribution in [0.5, 0.6) is 0 Å². The molecule has 1 aromatic carbocycles. The van der Waals surface area contributed by atoms with Gasteiger partial charge in [-0.2, -0.15) is 0 Å². The maximum absolute atomic E-state index is 10.9. The molecule has 0 saturated heterocycles. The molecule has 2 rings (SSSR count). The lowest BCUT2D eigenvalue weighted by atomic mass is 10.0. The zero-order valence-corrected chi connectivity index (χ0v) is 10.9. The predicted octanol–water partition coefficient (Wildman–Crippen LogP) is 4.00. The average molecular weight is 246 g/mol. The SMILES string of the molecule is CC(C=O)CC(c1ccccc1)[SH]1C=CC=C1. The van der Waals surface area contributed by atoms with Crippen molar-refractivity contribution in [1.29, 1.82) is 0 Å². The van der Waals surface area contributed by atoms with Gasteiger partial charge in [0.25, 0.3) is 0 Å². The van der Waals surface area contributed by atoms with Gasteiger partial charge in [-0.15, -0.1) is 0 Å². The van der Waals surface area contributed by atoms with E-state index in [0.29, 0.717) is 5.25 Å². The molecule has 0 spiro atoms. The standard InChI is InChI=1S/C15H18OS/c1-13(12-16)11-15(17-9-5-6-10-17)14-7-3-2-4-8-14/h2-10,12-13,15,17H,11H2,1H3. The quantitative estimate of drug-likeness (QED) is 0.614. The fraction of sp³-hybridized carbons (Fsp3) is 0.267. The molecule has 0 aromatic heterocycles. The Morgan fingerprint density at radius 3 is 2.41 bits per heavy atom. The van der Waals surface area contributed by atoms with Gasteiger partial charge in [0.2, 0.25) is 0 Å². The van der Waals surface area contributed by atoms with Crippen molar-refractivity contribution in [2.24, 2.45) is 5.92 Å². The summed E-state index contributed by atoms with van der Waals surface area (Å²) in [6.07, 6.45) is 6.24. The van der Waals surface area contributed by atoms with Crippen LogP contribution >= 0.6 is 10.9 Å². The smallest absolute Gasteiger partial charge is 0.122 e. The molecule has 0 N–H and O–H groups in total. The van der Waals surface area contributed by atoms with Gasteiger partial charge in [-0.1, -0.05) is 49.4 Å². The van der Waals surface area contributed by atoms with E-state index in [1.165, 1.54) is 5.56 Å². The zero-order chi connectivity index (χ0) is 12.1. The van der Waals surface area contributed by atoms with Crippen LogP contribution in [0.25, 0.3) is 0 Å². The summed E-state index contributed by atoms with van der Waals surface area (Å²) in [6, 6.07) is 10.5. The summed E-state index contributed by atoms with van der Waals surface area (Å²) in [4.78, 5) is 10.9. The van der Waals surface area contributed by atoms with Gasteiger partial charge < -0.3 is 4.79 Å². The van der Waals surface area contributed by atoms with E-state index in [2.05, 4.69) is 47.2 Å². The van der Waals surface area contributed by atoms with Crippen LogP contribution in [0.4, 0.5) is 0 Å². The highest BCUT2D eigenvalue weighted by atomic mass is 32.2. The zero-order valence-electron chi connectivity index (χ0n) is 9.99. The van der Waals surface area contributed by atoms with E-state index in [9.17, 15) is 4.79 Å². The number of carbonyl (C=O) groups is 1. The second-order valence-electron chi connectivity index (χ2n) is 4.41. The number of aldehydes is 1. The van der Waals surface area contributed by atoms with Crippen molar-refractivity contribution in [3.8, 4) is 0 Å². The van der Waals surface area contributed by atoms with Gasteiger partial charge in [-0.25, -0.2) is 10.9 Å². The number of benzene rings is 1. The third kappa shape index (κ3) is 3.10. The average Bonchev–Trinajstić information content (AvgIpc) is 2.90. The molecule has 0 amide bonds. The summed E-state index contributed by atoms with van der Waals surface area (Å²) in [5, 5.41) is 5.04. The minimum Gasteiger partial charge on any atom is -0.303 e. The molecule has 0 aliphatic carbocycles. The van der Waals surface area contributed by atoms with Crippen molar-refractivity contribution in [3.05, 3.63) is 58.9 Å². The van der Waals surface area contributed by atoms with Crippen LogP contribution in [0, 0.1) is 5.92 Å². The molecule has 1 heterocycles. The van der Waals surface area contributed by atoms with Crippen LogP contribution < -0.4 is 0 Å². The van der Waals surface area contributed by atoms with Gasteiger partial charge in [0.1, 0.15) is 6.29 Å². The van der Waals surface area contributed by atoms with Crippen LogP contribution in [0.1, 0.15) is 24.2 Å². The third-order valence-electron chi connectivity index (χ3n) is 3.00. The first-order valence-electron chi connectivity index (χ1n) is 5.94. The second-order valence-corrected chi connectivity index (χ2v) is 6.52. The van der Waals surface area contributed by atoms with E-state index in [0.717, 1.165) is 12.7 Å².